The van der Waals surface area contributed by atoms with Gasteiger partial charge in [-0.1, -0.05) is 0 Å². The van der Waals surface area contributed by atoms with Gasteiger partial charge in [-0.3, -0.25) is 0 Å². The Labute approximate surface area is 120 Å². The molecule has 0 saturated heterocycles. The molecule has 0 amide bonds. The molecule has 0 spiro atoms. The highest BCUT2D eigenvalue weighted by Crippen LogP contribution is 2.17. The minimum Gasteiger partial charge on any atom is -0.347 e. The number of hydrogen-bond donors (Lipinski definition) is 0. The van der Waals surface area contributed by atoms with Crippen LogP contribution in [0.1, 0.15) is 13.8 Å². The molecule has 0 saturated carbocycles. The number of likely N-dealkylation sites (N-methyl/N-ethyl adjacent to an activating group) is 2. The van der Waals surface area contributed by atoms with Crippen LogP contribution in [0.5, 0.6) is 0 Å². The maximum Gasteiger partial charge on any atom is 0.231 e. The average Bonchev–Trinajstić information content (AvgIpc) is 2.27. The van der Waals surface area contributed by atoms with Gasteiger partial charge in [0.25, 0.3) is 0 Å². The number of aromatic nitrogens is 3. The maximum atomic E-state index is 5.98. The fourth-order valence-electron chi connectivity index (χ4n) is 1.94. The smallest absolute Gasteiger partial charge is 0.231 e. The summed E-state index contributed by atoms with van der Waals surface area (Å²) in [4.78, 5) is 18.9. The molecule has 0 radical (unpaired) electrons. The minimum absolute atomic E-state index is 0.226. The van der Waals surface area contributed by atoms with Gasteiger partial charge in [0.2, 0.25) is 17.2 Å². The SMILES string of the molecule is CCN(c1nc(Cl)nc(N(C)C)n1)C(C)CN(C)C. The molecule has 0 fully saturated rings. The summed E-state index contributed by atoms with van der Waals surface area (Å²) in [5.74, 6) is 1.20. The second-order valence-corrected chi connectivity index (χ2v) is 5.33. The maximum absolute atomic E-state index is 5.98. The van der Waals surface area contributed by atoms with Crippen molar-refractivity contribution in [2.24, 2.45) is 0 Å². The van der Waals surface area contributed by atoms with Crippen LogP contribution in [0.15, 0.2) is 0 Å². The molecule has 0 aliphatic heterocycles. The first-order valence-corrected chi connectivity index (χ1v) is 6.73. The summed E-state index contributed by atoms with van der Waals surface area (Å²) in [6.45, 7) is 5.98. The molecular weight excluding hydrogens is 264 g/mol. The Balaban J connectivity index is 3.03. The van der Waals surface area contributed by atoms with E-state index in [1.54, 1.807) is 0 Å². The van der Waals surface area contributed by atoms with Crippen LogP contribution in [0.4, 0.5) is 11.9 Å². The standard InChI is InChI=1S/C12H23ClN6/c1-7-19(9(2)8-17(3)4)12-15-10(13)14-11(16-12)18(5)6/h9H,7-8H2,1-6H3. The van der Waals surface area contributed by atoms with E-state index in [0.29, 0.717) is 17.9 Å². The van der Waals surface area contributed by atoms with E-state index in [4.69, 9.17) is 11.6 Å². The highest BCUT2D eigenvalue weighted by atomic mass is 35.5. The molecule has 7 heteroatoms. The molecule has 6 nitrogen and oxygen atoms in total. The van der Waals surface area contributed by atoms with E-state index in [-0.39, 0.29) is 5.28 Å². The predicted molar refractivity (Wildman–Crippen MR) is 80.2 cm³/mol. The van der Waals surface area contributed by atoms with Crippen LogP contribution in [-0.4, -0.2) is 67.2 Å². The summed E-state index contributed by atoms with van der Waals surface area (Å²) in [5.41, 5.74) is 0. The molecule has 1 rings (SSSR count). The quantitative estimate of drug-likeness (QED) is 0.787. The van der Waals surface area contributed by atoms with E-state index in [9.17, 15) is 0 Å². The normalized spacial score (nSPS) is 12.6. The van der Waals surface area contributed by atoms with Crippen molar-refractivity contribution in [2.75, 3.05) is 51.1 Å². The van der Waals surface area contributed by atoms with Crippen LogP contribution in [-0.2, 0) is 0 Å². The third kappa shape index (κ3) is 4.47. The van der Waals surface area contributed by atoms with Crippen LogP contribution in [0.2, 0.25) is 5.28 Å². The molecular formula is C12H23ClN6. The van der Waals surface area contributed by atoms with E-state index < -0.39 is 0 Å². The lowest BCUT2D eigenvalue weighted by Gasteiger charge is -2.30. The molecule has 1 heterocycles. The third-order valence-electron chi connectivity index (χ3n) is 2.74. The first-order chi connectivity index (χ1) is 8.85. The second kappa shape index (κ2) is 6.86. The van der Waals surface area contributed by atoms with Crippen LogP contribution < -0.4 is 9.80 Å². The van der Waals surface area contributed by atoms with E-state index in [2.05, 4.69) is 52.7 Å². The highest BCUT2D eigenvalue weighted by molar-refractivity contribution is 6.28. The van der Waals surface area contributed by atoms with Gasteiger partial charge in [-0.05, 0) is 39.5 Å². The fourth-order valence-corrected chi connectivity index (χ4v) is 2.09. The summed E-state index contributed by atoms with van der Waals surface area (Å²) >= 11 is 5.98. The Morgan fingerprint density at radius 2 is 1.63 bits per heavy atom. The molecule has 1 aromatic rings. The zero-order valence-corrected chi connectivity index (χ0v) is 13.3. The van der Waals surface area contributed by atoms with Crippen molar-refractivity contribution in [1.29, 1.82) is 0 Å². The molecule has 0 aliphatic rings. The Hall–Kier alpha value is -1.14. The van der Waals surface area contributed by atoms with Crippen molar-refractivity contribution < 1.29 is 0 Å². The van der Waals surface area contributed by atoms with E-state index >= 15 is 0 Å². The summed E-state index contributed by atoms with van der Waals surface area (Å²) < 4.78 is 0. The van der Waals surface area contributed by atoms with Crippen molar-refractivity contribution in [1.82, 2.24) is 19.9 Å². The summed E-state index contributed by atoms with van der Waals surface area (Å²) in [5, 5.41) is 0.226. The average molecular weight is 287 g/mol. The highest BCUT2D eigenvalue weighted by Gasteiger charge is 2.18. The summed E-state index contributed by atoms with van der Waals surface area (Å²) in [7, 11) is 7.87. The molecule has 0 aliphatic carbocycles. The Morgan fingerprint density at radius 1 is 1.05 bits per heavy atom. The molecule has 0 aromatic carbocycles. The van der Waals surface area contributed by atoms with Crippen molar-refractivity contribution in [3.8, 4) is 0 Å². The zero-order chi connectivity index (χ0) is 14.6. The Kier molecular flexibility index (Phi) is 5.75. The molecule has 0 bridgehead atoms. The first kappa shape index (κ1) is 15.9. The van der Waals surface area contributed by atoms with Crippen molar-refractivity contribution in [3.63, 3.8) is 0 Å². The summed E-state index contributed by atoms with van der Waals surface area (Å²) in [6, 6.07) is 0.300. The lowest BCUT2D eigenvalue weighted by Crippen LogP contribution is -2.41. The number of rotatable bonds is 6. The number of halogens is 1. The number of nitrogens with zero attached hydrogens (tertiary/aromatic N) is 6. The number of hydrogen-bond acceptors (Lipinski definition) is 6. The summed E-state index contributed by atoms with van der Waals surface area (Å²) in [6.07, 6.45) is 0. The van der Waals surface area contributed by atoms with Gasteiger partial charge >= 0.3 is 0 Å². The van der Waals surface area contributed by atoms with Crippen molar-refractivity contribution in [3.05, 3.63) is 5.28 Å². The van der Waals surface area contributed by atoms with Crippen molar-refractivity contribution >= 4 is 23.5 Å². The largest absolute Gasteiger partial charge is 0.347 e. The number of anilines is 2. The van der Waals surface area contributed by atoms with Crippen LogP contribution in [0.25, 0.3) is 0 Å². The monoisotopic (exact) mass is 286 g/mol. The third-order valence-corrected chi connectivity index (χ3v) is 2.91. The topological polar surface area (TPSA) is 48.4 Å². The van der Waals surface area contributed by atoms with Gasteiger partial charge < -0.3 is 14.7 Å². The predicted octanol–water partition coefficient (Wildman–Crippen LogP) is 1.37. The van der Waals surface area contributed by atoms with Crippen LogP contribution in [0, 0.1) is 0 Å². The molecule has 1 aromatic heterocycles. The van der Waals surface area contributed by atoms with Gasteiger partial charge in [0.1, 0.15) is 0 Å². The van der Waals surface area contributed by atoms with Crippen LogP contribution >= 0.6 is 11.6 Å². The van der Waals surface area contributed by atoms with E-state index in [0.717, 1.165) is 13.1 Å². The lowest BCUT2D eigenvalue weighted by molar-refractivity contribution is 0.371. The Morgan fingerprint density at radius 3 is 2.11 bits per heavy atom. The Bertz CT molecular complexity index is 409. The molecule has 1 atom stereocenters. The molecule has 1 unspecified atom stereocenters. The molecule has 19 heavy (non-hydrogen) atoms. The zero-order valence-electron chi connectivity index (χ0n) is 12.6. The van der Waals surface area contributed by atoms with Gasteiger partial charge in [-0.25, -0.2) is 0 Å². The van der Waals surface area contributed by atoms with E-state index in [1.807, 2.05) is 19.0 Å². The van der Waals surface area contributed by atoms with Gasteiger partial charge in [0.05, 0.1) is 0 Å². The van der Waals surface area contributed by atoms with Crippen LogP contribution in [0.3, 0.4) is 0 Å². The van der Waals surface area contributed by atoms with Gasteiger partial charge in [0.15, 0.2) is 0 Å². The molecule has 0 N–H and O–H groups in total. The fraction of sp³-hybridized carbons (Fsp3) is 0.750. The molecule has 108 valence electrons. The van der Waals surface area contributed by atoms with Gasteiger partial charge in [0, 0.05) is 33.2 Å². The second-order valence-electron chi connectivity index (χ2n) is 5.00. The van der Waals surface area contributed by atoms with Gasteiger partial charge in [-0.2, -0.15) is 15.0 Å². The van der Waals surface area contributed by atoms with Crippen molar-refractivity contribution in [2.45, 2.75) is 19.9 Å². The minimum atomic E-state index is 0.226. The van der Waals surface area contributed by atoms with E-state index in [1.165, 1.54) is 0 Å². The van der Waals surface area contributed by atoms with Gasteiger partial charge in [-0.15, -0.1) is 0 Å². The lowest BCUT2D eigenvalue weighted by atomic mass is 10.3. The first-order valence-electron chi connectivity index (χ1n) is 6.35.